The molecule has 0 saturated heterocycles. The molecular weight excluding hydrogens is 459 g/mol. The predicted octanol–water partition coefficient (Wildman–Crippen LogP) is 3.50. The third-order valence-electron chi connectivity index (χ3n) is 5.29. The molecule has 174 valence electrons. The van der Waals surface area contributed by atoms with E-state index in [-0.39, 0.29) is 16.1 Å². The van der Waals surface area contributed by atoms with E-state index in [1.165, 1.54) is 30.3 Å². The zero-order valence-electron chi connectivity index (χ0n) is 18.3. The van der Waals surface area contributed by atoms with E-state index in [1.54, 1.807) is 23.8 Å². The van der Waals surface area contributed by atoms with Crippen LogP contribution in [0.4, 0.5) is 10.1 Å². The van der Waals surface area contributed by atoms with Crippen molar-refractivity contribution in [3.8, 4) is 0 Å². The molecule has 0 aliphatic rings. The van der Waals surface area contributed by atoms with E-state index in [9.17, 15) is 22.4 Å². The van der Waals surface area contributed by atoms with Gasteiger partial charge in [0.05, 0.1) is 10.5 Å². The summed E-state index contributed by atoms with van der Waals surface area (Å²) >= 11 is 0. The standard InChI is InChI=1S/C24H21FN4O4S/c1-15-7-12-18(34(32,33)28-17-10-8-16(25)9-11-17)13-20(15)23(30)26-27-24(31)21-14-29(2)22-6-4-3-5-19(21)22/h3-14,28H,1-2H3,(H,26,30)(H,27,31). The van der Waals surface area contributed by atoms with Gasteiger partial charge in [0.15, 0.2) is 0 Å². The summed E-state index contributed by atoms with van der Waals surface area (Å²) in [7, 11) is -2.22. The Kier molecular flexibility index (Phi) is 6.08. The van der Waals surface area contributed by atoms with Gasteiger partial charge in [-0.25, -0.2) is 12.8 Å². The highest BCUT2D eigenvalue weighted by Crippen LogP contribution is 2.21. The van der Waals surface area contributed by atoms with Crippen LogP contribution in [0.2, 0.25) is 0 Å². The molecule has 0 spiro atoms. The number of hydrogen-bond acceptors (Lipinski definition) is 4. The molecule has 0 atom stereocenters. The highest BCUT2D eigenvalue weighted by molar-refractivity contribution is 7.92. The van der Waals surface area contributed by atoms with Gasteiger partial charge < -0.3 is 4.57 Å². The largest absolute Gasteiger partial charge is 0.350 e. The number of hydrazine groups is 1. The van der Waals surface area contributed by atoms with E-state index < -0.39 is 27.7 Å². The van der Waals surface area contributed by atoms with Gasteiger partial charge in [0.1, 0.15) is 5.82 Å². The fourth-order valence-corrected chi connectivity index (χ4v) is 4.60. The van der Waals surface area contributed by atoms with Gasteiger partial charge in [0.25, 0.3) is 21.8 Å². The van der Waals surface area contributed by atoms with Crippen molar-refractivity contribution in [2.75, 3.05) is 4.72 Å². The lowest BCUT2D eigenvalue weighted by atomic mass is 10.1. The Labute approximate surface area is 195 Å². The number of anilines is 1. The highest BCUT2D eigenvalue weighted by atomic mass is 32.2. The zero-order valence-corrected chi connectivity index (χ0v) is 19.1. The van der Waals surface area contributed by atoms with Crippen LogP contribution in [0.1, 0.15) is 26.3 Å². The molecule has 0 fully saturated rings. The molecule has 1 aromatic heterocycles. The van der Waals surface area contributed by atoms with Crippen LogP contribution in [0.5, 0.6) is 0 Å². The first-order valence-electron chi connectivity index (χ1n) is 10.2. The number of fused-ring (bicyclic) bond motifs is 1. The van der Waals surface area contributed by atoms with Gasteiger partial charge in [-0.3, -0.25) is 25.2 Å². The van der Waals surface area contributed by atoms with Crippen molar-refractivity contribution in [3.05, 3.63) is 95.4 Å². The van der Waals surface area contributed by atoms with Crippen molar-refractivity contribution in [2.24, 2.45) is 7.05 Å². The highest BCUT2D eigenvalue weighted by Gasteiger charge is 2.20. The molecule has 3 aromatic carbocycles. The summed E-state index contributed by atoms with van der Waals surface area (Å²) in [6.45, 7) is 1.64. The van der Waals surface area contributed by atoms with Crippen molar-refractivity contribution in [1.82, 2.24) is 15.4 Å². The molecule has 10 heteroatoms. The molecule has 1 heterocycles. The lowest BCUT2D eigenvalue weighted by Crippen LogP contribution is -2.41. The average Bonchev–Trinajstić information content (AvgIpc) is 3.15. The first kappa shape index (κ1) is 23.0. The molecule has 8 nitrogen and oxygen atoms in total. The first-order valence-corrected chi connectivity index (χ1v) is 11.7. The second-order valence-corrected chi connectivity index (χ2v) is 9.35. The minimum absolute atomic E-state index is 0.0696. The Morgan fingerprint density at radius 3 is 2.24 bits per heavy atom. The number of carbonyl (C=O) groups excluding carboxylic acids is 2. The van der Waals surface area contributed by atoms with E-state index in [0.717, 1.165) is 23.0 Å². The number of nitrogens with one attached hydrogen (secondary N) is 3. The topological polar surface area (TPSA) is 109 Å². The number of benzene rings is 3. The molecule has 0 aliphatic carbocycles. The van der Waals surface area contributed by atoms with E-state index in [0.29, 0.717) is 11.1 Å². The predicted molar refractivity (Wildman–Crippen MR) is 126 cm³/mol. The van der Waals surface area contributed by atoms with Crippen molar-refractivity contribution >= 4 is 38.4 Å². The number of aromatic nitrogens is 1. The van der Waals surface area contributed by atoms with E-state index in [2.05, 4.69) is 15.6 Å². The summed E-state index contributed by atoms with van der Waals surface area (Å²) in [5.41, 5.74) is 6.73. The minimum Gasteiger partial charge on any atom is -0.350 e. The van der Waals surface area contributed by atoms with Crippen LogP contribution < -0.4 is 15.6 Å². The van der Waals surface area contributed by atoms with Crippen LogP contribution in [0, 0.1) is 12.7 Å². The van der Waals surface area contributed by atoms with Crippen molar-refractivity contribution in [1.29, 1.82) is 0 Å². The number of carbonyl (C=O) groups is 2. The third kappa shape index (κ3) is 4.62. The fraction of sp³-hybridized carbons (Fsp3) is 0.0833. The molecule has 0 unspecified atom stereocenters. The Morgan fingerprint density at radius 1 is 0.882 bits per heavy atom. The second-order valence-electron chi connectivity index (χ2n) is 7.67. The second kappa shape index (κ2) is 8.99. The lowest BCUT2D eigenvalue weighted by Gasteiger charge is -2.12. The van der Waals surface area contributed by atoms with Crippen molar-refractivity contribution in [2.45, 2.75) is 11.8 Å². The average molecular weight is 481 g/mol. The number of aryl methyl sites for hydroxylation is 2. The monoisotopic (exact) mass is 480 g/mol. The number of halogens is 1. The number of rotatable bonds is 5. The van der Waals surface area contributed by atoms with Crippen molar-refractivity contribution < 1.29 is 22.4 Å². The Morgan fingerprint density at radius 2 is 1.53 bits per heavy atom. The summed E-state index contributed by atoms with van der Waals surface area (Å²) in [5, 5.41) is 0.730. The van der Waals surface area contributed by atoms with E-state index >= 15 is 0 Å². The number of amides is 2. The number of hydrogen-bond donors (Lipinski definition) is 3. The van der Waals surface area contributed by atoms with Crippen LogP contribution in [-0.4, -0.2) is 24.8 Å². The first-order chi connectivity index (χ1) is 16.2. The van der Waals surface area contributed by atoms with Gasteiger partial charge in [-0.2, -0.15) is 0 Å². The summed E-state index contributed by atoms with van der Waals surface area (Å²) in [6, 6.07) is 16.2. The molecule has 0 radical (unpaired) electrons. The third-order valence-corrected chi connectivity index (χ3v) is 6.67. The Bertz CT molecular complexity index is 1510. The van der Waals surface area contributed by atoms with Gasteiger partial charge in [-0.15, -0.1) is 0 Å². The Balaban J connectivity index is 1.51. The minimum atomic E-state index is -4.04. The maximum Gasteiger partial charge on any atom is 0.271 e. The smallest absolute Gasteiger partial charge is 0.271 e. The summed E-state index contributed by atoms with van der Waals surface area (Å²) in [4.78, 5) is 25.3. The number of sulfonamides is 1. The van der Waals surface area contributed by atoms with Crippen LogP contribution in [0.25, 0.3) is 10.9 Å². The Hall–Kier alpha value is -4.18. The lowest BCUT2D eigenvalue weighted by molar-refractivity contribution is 0.0847. The molecule has 0 bridgehead atoms. The van der Waals surface area contributed by atoms with Crippen LogP contribution in [0.3, 0.4) is 0 Å². The van der Waals surface area contributed by atoms with E-state index in [1.807, 2.05) is 25.2 Å². The van der Waals surface area contributed by atoms with Gasteiger partial charge >= 0.3 is 0 Å². The molecule has 0 saturated carbocycles. The normalized spacial score (nSPS) is 11.3. The van der Waals surface area contributed by atoms with Gasteiger partial charge in [0.2, 0.25) is 0 Å². The summed E-state index contributed by atoms with van der Waals surface area (Å²) in [5.74, 6) is -1.68. The van der Waals surface area contributed by atoms with Crippen LogP contribution in [-0.2, 0) is 17.1 Å². The molecule has 34 heavy (non-hydrogen) atoms. The van der Waals surface area contributed by atoms with Crippen LogP contribution >= 0.6 is 0 Å². The maximum atomic E-state index is 13.1. The quantitative estimate of drug-likeness (QED) is 0.380. The maximum absolute atomic E-state index is 13.1. The molecule has 2 amide bonds. The fourth-order valence-electron chi connectivity index (χ4n) is 3.52. The summed E-state index contributed by atoms with van der Waals surface area (Å²) < 4.78 is 42.7. The molecule has 4 rings (SSSR count). The SMILES string of the molecule is Cc1ccc(S(=O)(=O)Nc2ccc(F)cc2)cc1C(=O)NNC(=O)c1cn(C)c2ccccc12. The molecule has 4 aromatic rings. The van der Waals surface area contributed by atoms with Gasteiger partial charge in [0, 0.05) is 35.4 Å². The zero-order chi connectivity index (χ0) is 24.5. The van der Waals surface area contributed by atoms with Crippen molar-refractivity contribution in [3.63, 3.8) is 0 Å². The summed E-state index contributed by atoms with van der Waals surface area (Å²) in [6.07, 6.45) is 1.66. The van der Waals surface area contributed by atoms with E-state index in [4.69, 9.17) is 0 Å². The van der Waals surface area contributed by atoms with Gasteiger partial charge in [-0.1, -0.05) is 24.3 Å². The molecule has 0 aliphatic heterocycles. The number of para-hydroxylation sites is 1. The van der Waals surface area contributed by atoms with Gasteiger partial charge in [-0.05, 0) is 55.0 Å². The molecular formula is C24H21FN4O4S. The van der Waals surface area contributed by atoms with Crippen LogP contribution in [0.15, 0.2) is 77.8 Å². The number of nitrogens with zero attached hydrogens (tertiary/aromatic N) is 1. The molecule has 3 N–H and O–H groups in total.